The van der Waals surface area contributed by atoms with Gasteiger partial charge in [-0.2, -0.15) is 13.2 Å². The SMILES string of the molecule is CC(C)(CC(=O)N1C[C@H](C(=O)O)[C@H](c2ccccc2)C1)C(F)(F)F. The number of aliphatic carboxylic acids is 1. The van der Waals surface area contributed by atoms with E-state index in [-0.39, 0.29) is 13.1 Å². The number of amides is 1. The summed E-state index contributed by atoms with van der Waals surface area (Å²) in [6, 6.07) is 8.88. The normalized spacial score (nSPS) is 21.8. The number of nitrogens with zero attached hydrogens (tertiary/aromatic N) is 1. The predicted octanol–water partition coefficient (Wildman–Crippen LogP) is 3.29. The van der Waals surface area contributed by atoms with Gasteiger partial charge in [-0.1, -0.05) is 44.2 Å². The smallest absolute Gasteiger partial charge is 0.394 e. The molecule has 1 heterocycles. The number of alkyl halides is 3. The molecule has 0 radical (unpaired) electrons. The Morgan fingerprint density at radius 2 is 1.75 bits per heavy atom. The number of benzene rings is 1. The Morgan fingerprint density at radius 3 is 2.25 bits per heavy atom. The molecular formula is C17H20F3NO3. The predicted molar refractivity (Wildman–Crippen MR) is 81.3 cm³/mol. The van der Waals surface area contributed by atoms with Gasteiger partial charge in [0, 0.05) is 25.4 Å². The van der Waals surface area contributed by atoms with E-state index in [2.05, 4.69) is 0 Å². The average molecular weight is 343 g/mol. The zero-order valence-corrected chi connectivity index (χ0v) is 13.5. The number of rotatable bonds is 4. The molecule has 0 bridgehead atoms. The van der Waals surface area contributed by atoms with Gasteiger partial charge in [0.25, 0.3) is 0 Å². The lowest BCUT2D eigenvalue weighted by Crippen LogP contribution is -2.39. The van der Waals surface area contributed by atoms with Gasteiger partial charge < -0.3 is 10.0 Å². The van der Waals surface area contributed by atoms with Crippen molar-refractivity contribution in [3.63, 3.8) is 0 Å². The fourth-order valence-electron chi connectivity index (χ4n) is 2.89. The molecule has 1 aromatic carbocycles. The number of carbonyl (C=O) groups is 2. The minimum Gasteiger partial charge on any atom is -0.481 e. The van der Waals surface area contributed by atoms with Gasteiger partial charge in [-0.25, -0.2) is 0 Å². The maximum atomic E-state index is 13.0. The topological polar surface area (TPSA) is 57.6 Å². The summed E-state index contributed by atoms with van der Waals surface area (Å²) in [6.45, 7) is 2.00. The maximum Gasteiger partial charge on any atom is 0.394 e. The fourth-order valence-corrected chi connectivity index (χ4v) is 2.89. The second-order valence-corrected chi connectivity index (χ2v) is 6.82. The molecule has 1 aromatic rings. The molecule has 1 aliphatic heterocycles. The minimum atomic E-state index is -4.49. The molecule has 4 nitrogen and oxygen atoms in total. The average Bonchev–Trinajstić information content (AvgIpc) is 2.92. The third kappa shape index (κ3) is 3.71. The van der Waals surface area contributed by atoms with Crippen LogP contribution < -0.4 is 0 Å². The van der Waals surface area contributed by atoms with Crippen LogP contribution in [0.1, 0.15) is 31.7 Å². The summed E-state index contributed by atoms with van der Waals surface area (Å²) in [4.78, 5) is 25.0. The van der Waals surface area contributed by atoms with Crippen molar-refractivity contribution in [3.8, 4) is 0 Å². The van der Waals surface area contributed by atoms with Gasteiger partial charge in [0.1, 0.15) is 0 Å². The van der Waals surface area contributed by atoms with Gasteiger partial charge >= 0.3 is 12.1 Å². The van der Waals surface area contributed by atoms with E-state index in [1.807, 2.05) is 0 Å². The Balaban J connectivity index is 2.16. The van der Waals surface area contributed by atoms with Crippen LogP contribution in [0.3, 0.4) is 0 Å². The summed E-state index contributed by atoms with van der Waals surface area (Å²) in [5.74, 6) is -2.94. The quantitative estimate of drug-likeness (QED) is 0.913. The highest BCUT2D eigenvalue weighted by Crippen LogP contribution is 2.41. The van der Waals surface area contributed by atoms with Gasteiger partial charge in [0.15, 0.2) is 0 Å². The molecule has 24 heavy (non-hydrogen) atoms. The van der Waals surface area contributed by atoms with Crippen LogP contribution in [0.4, 0.5) is 13.2 Å². The highest BCUT2D eigenvalue weighted by molar-refractivity contribution is 5.80. The first-order valence-corrected chi connectivity index (χ1v) is 7.65. The molecule has 0 spiro atoms. The standard InChI is InChI=1S/C17H20F3NO3/c1-16(2,17(18,19)20)8-14(22)21-9-12(13(10-21)15(23)24)11-6-4-3-5-7-11/h3-7,12-13H,8-10H2,1-2H3,(H,23,24)/t12-,13-/m0/s1. The first kappa shape index (κ1) is 18.3. The van der Waals surface area contributed by atoms with Gasteiger partial charge in [-0.15, -0.1) is 0 Å². The number of carboxylic acids is 1. The lowest BCUT2D eigenvalue weighted by Gasteiger charge is -2.29. The highest BCUT2D eigenvalue weighted by Gasteiger charge is 2.50. The zero-order chi connectivity index (χ0) is 18.1. The molecule has 7 heteroatoms. The molecule has 1 aliphatic rings. The van der Waals surface area contributed by atoms with Crippen LogP contribution in [-0.4, -0.2) is 41.1 Å². The molecular weight excluding hydrogens is 323 g/mol. The van der Waals surface area contributed by atoms with Gasteiger partial charge in [0.05, 0.1) is 11.3 Å². The van der Waals surface area contributed by atoms with Crippen LogP contribution in [0.2, 0.25) is 0 Å². The number of carboxylic acid groups (broad SMARTS) is 1. The van der Waals surface area contributed by atoms with Crippen LogP contribution in [0.15, 0.2) is 30.3 Å². The molecule has 1 amide bonds. The van der Waals surface area contributed by atoms with Crippen molar-refractivity contribution in [2.45, 2.75) is 32.4 Å². The second-order valence-electron chi connectivity index (χ2n) is 6.82. The number of likely N-dealkylation sites (tertiary alicyclic amines) is 1. The molecule has 1 saturated heterocycles. The summed E-state index contributed by atoms with van der Waals surface area (Å²) < 4.78 is 38.9. The lowest BCUT2D eigenvalue weighted by atomic mass is 9.88. The van der Waals surface area contributed by atoms with Crippen LogP contribution in [0.25, 0.3) is 0 Å². The largest absolute Gasteiger partial charge is 0.481 e. The Morgan fingerprint density at radius 1 is 1.17 bits per heavy atom. The van der Waals surface area contributed by atoms with Crippen LogP contribution in [-0.2, 0) is 9.59 Å². The molecule has 0 saturated carbocycles. The van der Waals surface area contributed by atoms with Crippen LogP contribution in [0.5, 0.6) is 0 Å². The molecule has 132 valence electrons. The highest BCUT2D eigenvalue weighted by atomic mass is 19.4. The van der Waals surface area contributed by atoms with Crippen molar-refractivity contribution in [2.24, 2.45) is 11.3 Å². The van der Waals surface area contributed by atoms with Gasteiger partial charge in [0.2, 0.25) is 5.91 Å². The van der Waals surface area contributed by atoms with Gasteiger partial charge in [-0.05, 0) is 5.56 Å². The molecule has 2 atom stereocenters. The molecule has 1 N–H and O–H groups in total. The Kier molecular flexibility index (Phi) is 4.92. The molecule has 2 rings (SSSR count). The van der Waals surface area contributed by atoms with Crippen molar-refractivity contribution in [2.75, 3.05) is 13.1 Å². The molecule has 0 unspecified atom stereocenters. The van der Waals surface area contributed by atoms with Crippen molar-refractivity contribution < 1.29 is 27.9 Å². The van der Waals surface area contributed by atoms with Crippen LogP contribution in [0, 0.1) is 11.3 Å². The Hall–Kier alpha value is -2.05. The maximum absolute atomic E-state index is 13.0. The van der Waals surface area contributed by atoms with E-state index in [9.17, 15) is 27.9 Å². The van der Waals surface area contributed by atoms with E-state index >= 15 is 0 Å². The van der Waals surface area contributed by atoms with Crippen molar-refractivity contribution >= 4 is 11.9 Å². The Labute approximate surface area is 138 Å². The molecule has 0 aromatic heterocycles. The third-order valence-electron chi connectivity index (χ3n) is 4.58. The van der Waals surface area contributed by atoms with E-state index in [1.54, 1.807) is 30.3 Å². The van der Waals surface area contributed by atoms with E-state index in [0.717, 1.165) is 19.4 Å². The summed E-state index contributed by atoms with van der Waals surface area (Å²) in [5, 5.41) is 9.39. The molecule has 1 fully saturated rings. The number of carbonyl (C=O) groups excluding carboxylic acids is 1. The molecule has 0 aliphatic carbocycles. The lowest BCUT2D eigenvalue weighted by molar-refractivity contribution is -0.215. The zero-order valence-electron chi connectivity index (χ0n) is 13.5. The first-order chi connectivity index (χ1) is 11.0. The van der Waals surface area contributed by atoms with Crippen LogP contribution >= 0.6 is 0 Å². The minimum absolute atomic E-state index is 0.0678. The monoisotopic (exact) mass is 343 g/mol. The summed E-state index contributed by atoms with van der Waals surface area (Å²) >= 11 is 0. The summed E-state index contributed by atoms with van der Waals surface area (Å²) in [7, 11) is 0. The second kappa shape index (κ2) is 6.45. The fraction of sp³-hybridized carbons (Fsp3) is 0.529. The number of hydrogen-bond acceptors (Lipinski definition) is 2. The third-order valence-corrected chi connectivity index (χ3v) is 4.58. The van der Waals surface area contributed by atoms with Gasteiger partial charge in [-0.3, -0.25) is 9.59 Å². The number of halogens is 3. The van der Waals surface area contributed by atoms with Crippen molar-refractivity contribution in [1.29, 1.82) is 0 Å². The van der Waals surface area contributed by atoms with E-state index < -0.39 is 41.7 Å². The van der Waals surface area contributed by atoms with Crippen molar-refractivity contribution in [1.82, 2.24) is 4.90 Å². The summed E-state index contributed by atoms with van der Waals surface area (Å²) in [6.07, 6.45) is -5.18. The van der Waals surface area contributed by atoms with E-state index in [1.165, 1.54) is 4.90 Å². The Bertz CT molecular complexity index is 613. The summed E-state index contributed by atoms with van der Waals surface area (Å²) in [5.41, 5.74) is -1.37. The first-order valence-electron chi connectivity index (χ1n) is 7.65. The van der Waals surface area contributed by atoms with E-state index in [4.69, 9.17) is 0 Å². The van der Waals surface area contributed by atoms with E-state index in [0.29, 0.717) is 0 Å². The van der Waals surface area contributed by atoms with Crippen molar-refractivity contribution in [3.05, 3.63) is 35.9 Å². The number of hydrogen-bond donors (Lipinski definition) is 1.